The topological polar surface area (TPSA) is 20.2 Å². The molecule has 5 rings (SSSR count). The van der Waals surface area contributed by atoms with Gasteiger partial charge in [0.25, 0.3) is 0 Å². The summed E-state index contributed by atoms with van der Waals surface area (Å²) >= 11 is 0. The Morgan fingerprint density at radius 1 is 0.760 bits per heavy atom. The molecular formula is C24H18O. The molecule has 1 aliphatic rings. The maximum absolute atomic E-state index is 9.83. The van der Waals surface area contributed by atoms with E-state index in [0.717, 1.165) is 11.8 Å². The lowest BCUT2D eigenvalue weighted by atomic mass is 9.89. The lowest BCUT2D eigenvalue weighted by molar-refractivity contribution is 0.476. The van der Waals surface area contributed by atoms with Crippen molar-refractivity contribution < 1.29 is 5.11 Å². The van der Waals surface area contributed by atoms with Crippen molar-refractivity contribution in [3.8, 4) is 28.0 Å². The number of fused-ring (bicyclic) bond motifs is 4. The van der Waals surface area contributed by atoms with E-state index in [1.807, 2.05) is 12.1 Å². The highest BCUT2D eigenvalue weighted by Crippen LogP contribution is 2.44. The molecule has 0 unspecified atom stereocenters. The lowest BCUT2D eigenvalue weighted by Gasteiger charge is -2.15. The number of rotatable bonds is 1. The molecule has 0 saturated carbocycles. The van der Waals surface area contributed by atoms with Crippen molar-refractivity contribution in [2.24, 2.45) is 0 Å². The van der Waals surface area contributed by atoms with E-state index >= 15 is 0 Å². The van der Waals surface area contributed by atoms with Crippen molar-refractivity contribution in [1.29, 1.82) is 0 Å². The van der Waals surface area contributed by atoms with Crippen LogP contribution in [0.4, 0.5) is 0 Å². The minimum absolute atomic E-state index is 0.313. The molecule has 120 valence electrons. The molecule has 1 N–H and O–H groups in total. The molecule has 0 atom stereocenters. The quantitative estimate of drug-likeness (QED) is 0.396. The number of aromatic hydroxyl groups is 1. The van der Waals surface area contributed by atoms with Gasteiger partial charge in [-0.1, -0.05) is 60.7 Å². The van der Waals surface area contributed by atoms with Crippen LogP contribution in [-0.2, 0) is 6.42 Å². The summed E-state index contributed by atoms with van der Waals surface area (Å²) in [5, 5.41) is 12.1. The molecular weight excluding hydrogens is 304 g/mol. The fraction of sp³-hybridized carbons (Fsp3) is 0.0833. The molecule has 1 aliphatic carbocycles. The molecule has 4 aromatic carbocycles. The molecule has 0 spiro atoms. The Labute approximate surface area is 147 Å². The Morgan fingerprint density at radius 3 is 2.48 bits per heavy atom. The first-order valence-corrected chi connectivity index (χ1v) is 8.65. The van der Waals surface area contributed by atoms with Gasteiger partial charge in [0, 0.05) is 0 Å². The summed E-state index contributed by atoms with van der Waals surface area (Å²) in [6, 6.07) is 25.2. The molecule has 0 radical (unpaired) electrons. The first kappa shape index (κ1) is 14.3. The van der Waals surface area contributed by atoms with Crippen molar-refractivity contribution in [1.82, 2.24) is 0 Å². The minimum atomic E-state index is 0.313. The van der Waals surface area contributed by atoms with Crippen LogP contribution in [0.5, 0.6) is 5.75 Å². The summed E-state index contributed by atoms with van der Waals surface area (Å²) in [5.74, 6) is 0.313. The Kier molecular flexibility index (Phi) is 2.98. The fourth-order valence-electron chi connectivity index (χ4n) is 4.18. The van der Waals surface area contributed by atoms with Crippen molar-refractivity contribution in [3.63, 3.8) is 0 Å². The lowest BCUT2D eigenvalue weighted by Crippen LogP contribution is -1.92. The van der Waals surface area contributed by atoms with Crippen molar-refractivity contribution in [2.45, 2.75) is 13.3 Å². The zero-order chi connectivity index (χ0) is 17.0. The molecule has 1 nitrogen and oxygen atoms in total. The number of hydrogen-bond donors (Lipinski definition) is 1. The maximum atomic E-state index is 9.83. The molecule has 1 heteroatoms. The van der Waals surface area contributed by atoms with E-state index < -0.39 is 0 Å². The van der Waals surface area contributed by atoms with Crippen LogP contribution in [-0.4, -0.2) is 5.11 Å². The largest absolute Gasteiger partial charge is 0.508 e. The molecule has 25 heavy (non-hydrogen) atoms. The molecule has 0 bridgehead atoms. The number of hydrogen-bond acceptors (Lipinski definition) is 1. The first-order chi connectivity index (χ1) is 12.2. The molecule has 4 aromatic rings. The third-order valence-electron chi connectivity index (χ3n) is 5.33. The summed E-state index contributed by atoms with van der Waals surface area (Å²) in [7, 11) is 0. The highest BCUT2D eigenvalue weighted by molar-refractivity contribution is 6.01. The van der Waals surface area contributed by atoms with Gasteiger partial charge in [-0.2, -0.15) is 0 Å². The van der Waals surface area contributed by atoms with Crippen LogP contribution in [0.3, 0.4) is 0 Å². The van der Waals surface area contributed by atoms with Gasteiger partial charge in [0.1, 0.15) is 5.75 Å². The standard InChI is InChI=1S/C24H18O/c1-15-9-10-17-13-18(25)11-12-20(17)24(15)22-8-4-7-21-19-6-3-2-5-16(19)14-23(21)22/h2-13,25H,14H2,1H3. The third kappa shape index (κ3) is 2.09. The van der Waals surface area contributed by atoms with E-state index in [4.69, 9.17) is 0 Å². The summed E-state index contributed by atoms with van der Waals surface area (Å²) in [4.78, 5) is 0. The smallest absolute Gasteiger partial charge is 0.116 e. The summed E-state index contributed by atoms with van der Waals surface area (Å²) in [6.07, 6.45) is 0.982. The Hall–Kier alpha value is -3.06. The SMILES string of the molecule is Cc1ccc2cc(O)ccc2c1-c1cccc2c1Cc1ccccc1-2. The van der Waals surface area contributed by atoms with Gasteiger partial charge >= 0.3 is 0 Å². The van der Waals surface area contributed by atoms with E-state index in [2.05, 4.69) is 61.5 Å². The van der Waals surface area contributed by atoms with E-state index in [1.165, 1.54) is 44.3 Å². The van der Waals surface area contributed by atoms with Crippen LogP contribution in [0, 0.1) is 6.92 Å². The maximum Gasteiger partial charge on any atom is 0.116 e. The van der Waals surface area contributed by atoms with Crippen LogP contribution in [0.15, 0.2) is 72.8 Å². The number of benzene rings is 4. The van der Waals surface area contributed by atoms with Gasteiger partial charge in [0.15, 0.2) is 0 Å². The molecule has 0 heterocycles. The van der Waals surface area contributed by atoms with Crippen LogP contribution in [0.25, 0.3) is 33.0 Å². The molecule has 0 fully saturated rings. The van der Waals surface area contributed by atoms with Crippen molar-refractivity contribution in [3.05, 3.63) is 89.5 Å². The average molecular weight is 322 g/mol. The van der Waals surface area contributed by atoms with Crippen LogP contribution in [0.2, 0.25) is 0 Å². The summed E-state index contributed by atoms with van der Waals surface area (Å²) in [6.45, 7) is 2.17. The van der Waals surface area contributed by atoms with Crippen molar-refractivity contribution in [2.75, 3.05) is 0 Å². The Morgan fingerprint density at radius 2 is 1.56 bits per heavy atom. The predicted octanol–water partition coefficient (Wildman–Crippen LogP) is 6.09. The first-order valence-electron chi connectivity index (χ1n) is 8.65. The van der Waals surface area contributed by atoms with Crippen LogP contribution >= 0.6 is 0 Å². The van der Waals surface area contributed by atoms with E-state index in [9.17, 15) is 5.11 Å². The number of aryl methyl sites for hydroxylation is 1. The van der Waals surface area contributed by atoms with E-state index in [1.54, 1.807) is 6.07 Å². The highest BCUT2D eigenvalue weighted by Gasteiger charge is 2.22. The molecule has 0 aliphatic heterocycles. The minimum Gasteiger partial charge on any atom is -0.508 e. The van der Waals surface area contributed by atoms with E-state index in [-0.39, 0.29) is 0 Å². The van der Waals surface area contributed by atoms with Gasteiger partial charge < -0.3 is 5.11 Å². The van der Waals surface area contributed by atoms with E-state index in [0.29, 0.717) is 5.75 Å². The third-order valence-corrected chi connectivity index (χ3v) is 5.33. The molecule has 0 amide bonds. The summed E-state index contributed by atoms with van der Waals surface area (Å²) < 4.78 is 0. The Balaban J connectivity index is 1.82. The second-order valence-electron chi connectivity index (χ2n) is 6.83. The zero-order valence-corrected chi connectivity index (χ0v) is 14.1. The molecule has 0 saturated heterocycles. The van der Waals surface area contributed by atoms with Gasteiger partial charge in [0.2, 0.25) is 0 Å². The Bertz CT molecular complexity index is 1140. The van der Waals surface area contributed by atoms with Gasteiger partial charge in [0.05, 0.1) is 0 Å². The van der Waals surface area contributed by atoms with Gasteiger partial charge in [-0.25, -0.2) is 0 Å². The second-order valence-corrected chi connectivity index (χ2v) is 6.83. The van der Waals surface area contributed by atoms with Gasteiger partial charge in [-0.15, -0.1) is 0 Å². The zero-order valence-electron chi connectivity index (χ0n) is 14.1. The average Bonchev–Trinajstić information content (AvgIpc) is 3.01. The highest BCUT2D eigenvalue weighted by atomic mass is 16.3. The molecule has 0 aromatic heterocycles. The van der Waals surface area contributed by atoms with Crippen LogP contribution in [0.1, 0.15) is 16.7 Å². The second kappa shape index (κ2) is 5.22. The van der Waals surface area contributed by atoms with Gasteiger partial charge in [-0.3, -0.25) is 0 Å². The predicted molar refractivity (Wildman–Crippen MR) is 104 cm³/mol. The van der Waals surface area contributed by atoms with Crippen molar-refractivity contribution >= 4 is 10.8 Å². The normalized spacial score (nSPS) is 12.2. The fourth-order valence-corrected chi connectivity index (χ4v) is 4.18. The van der Waals surface area contributed by atoms with Gasteiger partial charge in [-0.05, 0) is 75.2 Å². The summed E-state index contributed by atoms with van der Waals surface area (Å²) in [5.41, 5.74) is 9.37. The van der Waals surface area contributed by atoms with Crippen LogP contribution < -0.4 is 0 Å². The number of phenolic OH excluding ortho intramolecular Hbond substituents is 1. The monoisotopic (exact) mass is 322 g/mol. The number of phenols is 1.